The van der Waals surface area contributed by atoms with E-state index in [1.165, 1.54) is 0 Å². The van der Waals surface area contributed by atoms with Crippen molar-refractivity contribution < 1.29 is 8.76 Å². The van der Waals surface area contributed by atoms with Gasteiger partial charge in [0.1, 0.15) is 0 Å². The minimum atomic E-state index is -2.27. The second-order valence-corrected chi connectivity index (χ2v) is 3.89. The smallest absolute Gasteiger partial charge is 0.0466 e. The van der Waals surface area contributed by atoms with Gasteiger partial charge in [0, 0.05) is 27.9 Å². The van der Waals surface area contributed by atoms with E-state index in [4.69, 9.17) is 23.2 Å². The minimum absolute atomic E-state index is 0.173. The Morgan fingerprint density at radius 2 is 2.15 bits per heavy atom. The summed E-state index contributed by atoms with van der Waals surface area (Å²) >= 11 is 9.17. The van der Waals surface area contributed by atoms with Gasteiger partial charge >= 0.3 is 0 Å². The molecule has 3 nitrogen and oxygen atoms in total. The number of rotatable bonds is 3. The van der Waals surface area contributed by atoms with Crippen LogP contribution in [-0.2, 0) is 17.8 Å². The highest BCUT2D eigenvalue weighted by Gasteiger charge is 1.99. The molecule has 0 aliphatic carbocycles. The van der Waals surface area contributed by atoms with Crippen molar-refractivity contribution in [1.29, 1.82) is 0 Å². The highest BCUT2D eigenvalue weighted by molar-refractivity contribution is 7.77. The Labute approximate surface area is 88.5 Å². The summed E-state index contributed by atoms with van der Waals surface area (Å²) in [6.07, 6.45) is 0. The number of nitrogens with one attached hydrogen (secondary N) is 1. The van der Waals surface area contributed by atoms with Crippen molar-refractivity contribution in [1.82, 2.24) is 4.72 Å². The Hall–Kier alpha value is -0.130. The van der Waals surface area contributed by atoms with Crippen molar-refractivity contribution in [2.24, 2.45) is 0 Å². The highest BCUT2D eigenvalue weighted by Crippen LogP contribution is 2.20. The molecule has 1 atom stereocenters. The van der Waals surface area contributed by atoms with Crippen molar-refractivity contribution >= 4 is 34.5 Å². The first-order chi connectivity index (χ1) is 6.09. The summed E-state index contributed by atoms with van der Waals surface area (Å²) in [5.41, 5.74) is 0.690. The molecule has 0 radical (unpaired) electrons. The zero-order valence-electron chi connectivity index (χ0n) is 6.42. The number of halogens is 2. The van der Waals surface area contributed by atoms with Crippen molar-refractivity contribution in [2.75, 3.05) is 0 Å². The average molecular weight is 239 g/mol. The van der Waals surface area contributed by atoms with Crippen LogP contribution in [0.3, 0.4) is 0 Å². The minimum Gasteiger partial charge on any atom is -0.760 e. The summed E-state index contributed by atoms with van der Waals surface area (Å²) in [5, 5.41) is 0.974. The van der Waals surface area contributed by atoms with Crippen LogP contribution < -0.4 is 4.72 Å². The standard InChI is InChI=1S/C7H7Cl2NO2S/c8-6-2-1-5(7(9)3-6)4-10-13(11)12/h1-3,10H,4H2,(H,11,12)/p-1. The maximum absolute atomic E-state index is 10.2. The van der Waals surface area contributed by atoms with E-state index in [2.05, 4.69) is 4.72 Å². The molecule has 0 aliphatic heterocycles. The van der Waals surface area contributed by atoms with Crippen LogP contribution in [-0.4, -0.2) is 8.76 Å². The summed E-state index contributed by atoms with van der Waals surface area (Å²) in [5.74, 6) is 0. The summed E-state index contributed by atoms with van der Waals surface area (Å²) in [4.78, 5) is 0. The quantitative estimate of drug-likeness (QED) is 0.818. The molecule has 0 aromatic heterocycles. The van der Waals surface area contributed by atoms with Gasteiger partial charge in [0.05, 0.1) is 0 Å². The Morgan fingerprint density at radius 3 is 2.69 bits per heavy atom. The van der Waals surface area contributed by atoms with E-state index < -0.39 is 11.3 Å². The summed E-state index contributed by atoms with van der Waals surface area (Å²) in [6.45, 7) is 0.173. The zero-order valence-corrected chi connectivity index (χ0v) is 8.75. The third kappa shape index (κ3) is 3.62. The van der Waals surface area contributed by atoms with E-state index >= 15 is 0 Å². The van der Waals surface area contributed by atoms with Gasteiger partial charge in [0.2, 0.25) is 0 Å². The first-order valence-electron chi connectivity index (χ1n) is 3.36. The topological polar surface area (TPSA) is 52.2 Å². The van der Waals surface area contributed by atoms with Crippen LogP contribution in [0.1, 0.15) is 5.56 Å². The fourth-order valence-corrected chi connectivity index (χ4v) is 1.55. The lowest BCUT2D eigenvalue weighted by Crippen LogP contribution is -2.15. The van der Waals surface area contributed by atoms with Crippen LogP contribution in [0.4, 0.5) is 0 Å². The number of hydrogen-bond donors (Lipinski definition) is 1. The van der Waals surface area contributed by atoms with Crippen LogP contribution in [0.25, 0.3) is 0 Å². The molecule has 1 unspecified atom stereocenters. The summed E-state index contributed by atoms with van der Waals surface area (Å²) < 4.78 is 22.6. The second kappa shape index (κ2) is 4.93. The van der Waals surface area contributed by atoms with Crippen molar-refractivity contribution in [3.63, 3.8) is 0 Å². The third-order valence-corrected chi connectivity index (χ3v) is 2.36. The summed E-state index contributed by atoms with van der Waals surface area (Å²) in [6, 6.07) is 4.89. The molecule has 1 rings (SSSR count). The van der Waals surface area contributed by atoms with Gasteiger partial charge in [0.25, 0.3) is 0 Å². The molecule has 1 aromatic rings. The van der Waals surface area contributed by atoms with E-state index in [9.17, 15) is 8.76 Å². The van der Waals surface area contributed by atoms with Gasteiger partial charge in [-0.05, 0) is 17.7 Å². The van der Waals surface area contributed by atoms with Crippen LogP contribution in [0.2, 0.25) is 10.0 Å². The Bertz CT molecular complexity index is 332. The fourth-order valence-electron chi connectivity index (χ4n) is 0.802. The molecule has 0 aliphatic rings. The molecular formula is C7H6Cl2NO2S-. The highest BCUT2D eigenvalue weighted by atomic mass is 35.5. The van der Waals surface area contributed by atoms with E-state index in [1.807, 2.05) is 0 Å². The molecule has 0 saturated heterocycles. The van der Waals surface area contributed by atoms with E-state index in [0.717, 1.165) is 0 Å². The largest absolute Gasteiger partial charge is 0.760 e. The van der Waals surface area contributed by atoms with E-state index in [1.54, 1.807) is 18.2 Å². The lowest BCUT2D eigenvalue weighted by Gasteiger charge is -2.08. The predicted molar refractivity (Wildman–Crippen MR) is 52.2 cm³/mol. The lowest BCUT2D eigenvalue weighted by molar-refractivity contribution is 0.522. The molecule has 13 heavy (non-hydrogen) atoms. The maximum atomic E-state index is 10.2. The van der Waals surface area contributed by atoms with Crippen molar-refractivity contribution in [3.8, 4) is 0 Å². The molecule has 72 valence electrons. The third-order valence-electron chi connectivity index (χ3n) is 1.40. The SMILES string of the molecule is O=S([O-])NCc1ccc(Cl)cc1Cl. The van der Waals surface area contributed by atoms with Gasteiger partial charge in [-0.2, -0.15) is 0 Å². The van der Waals surface area contributed by atoms with Crippen molar-refractivity contribution in [2.45, 2.75) is 6.54 Å². The molecule has 0 saturated carbocycles. The van der Waals surface area contributed by atoms with Gasteiger partial charge in [-0.3, -0.25) is 4.21 Å². The van der Waals surface area contributed by atoms with Crippen molar-refractivity contribution in [3.05, 3.63) is 33.8 Å². The molecule has 0 amide bonds. The lowest BCUT2D eigenvalue weighted by atomic mass is 10.2. The number of benzene rings is 1. The zero-order chi connectivity index (χ0) is 9.84. The Kier molecular flexibility index (Phi) is 4.15. The van der Waals surface area contributed by atoms with E-state index in [0.29, 0.717) is 15.6 Å². The average Bonchev–Trinajstić information content (AvgIpc) is 2.02. The molecule has 0 bridgehead atoms. The van der Waals surface area contributed by atoms with Gasteiger partial charge in [-0.1, -0.05) is 29.3 Å². The fraction of sp³-hybridized carbons (Fsp3) is 0.143. The molecule has 1 aromatic carbocycles. The Morgan fingerprint density at radius 1 is 1.46 bits per heavy atom. The number of hydrogen-bond acceptors (Lipinski definition) is 2. The maximum Gasteiger partial charge on any atom is 0.0466 e. The van der Waals surface area contributed by atoms with Crippen LogP contribution >= 0.6 is 23.2 Å². The van der Waals surface area contributed by atoms with Gasteiger partial charge in [-0.25, -0.2) is 4.72 Å². The second-order valence-electron chi connectivity index (χ2n) is 2.29. The molecule has 0 fully saturated rings. The van der Waals surface area contributed by atoms with Crippen LogP contribution in [0.5, 0.6) is 0 Å². The Balaban J connectivity index is 2.72. The van der Waals surface area contributed by atoms with Crippen LogP contribution in [0.15, 0.2) is 18.2 Å². The van der Waals surface area contributed by atoms with Gasteiger partial charge in [0.15, 0.2) is 0 Å². The van der Waals surface area contributed by atoms with Gasteiger partial charge in [-0.15, -0.1) is 0 Å². The predicted octanol–water partition coefficient (Wildman–Crippen LogP) is 1.88. The monoisotopic (exact) mass is 238 g/mol. The molecule has 1 N–H and O–H groups in total. The van der Waals surface area contributed by atoms with E-state index in [-0.39, 0.29) is 6.54 Å². The molecule has 6 heteroatoms. The van der Waals surface area contributed by atoms with Gasteiger partial charge < -0.3 is 4.55 Å². The first kappa shape index (κ1) is 10.9. The molecular weight excluding hydrogens is 233 g/mol. The summed E-state index contributed by atoms with van der Waals surface area (Å²) in [7, 11) is 0. The molecule has 0 spiro atoms. The normalized spacial score (nSPS) is 12.8. The molecule has 0 heterocycles. The van der Waals surface area contributed by atoms with Crippen LogP contribution in [0, 0.1) is 0 Å². The first-order valence-corrected chi connectivity index (χ1v) is 5.19.